The minimum atomic E-state index is -1.69. The SMILES string of the molecule is COc1ccc2nccc([C@H](F)CC[C@@H]3CCN(CCSc4c(F)cc(F)c(F)c4F)C[C@@H]3CO)c2c1. The molecule has 1 aliphatic rings. The Morgan fingerprint density at radius 1 is 1.11 bits per heavy atom. The van der Waals surface area contributed by atoms with Crippen molar-refractivity contribution in [3.05, 3.63) is 65.4 Å². The number of ether oxygens (including phenoxy) is 1. The number of hydrogen-bond donors (Lipinski definition) is 1. The lowest BCUT2D eigenvalue weighted by Crippen LogP contribution is -2.43. The van der Waals surface area contributed by atoms with Crippen molar-refractivity contribution in [1.82, 2.24) is 9.88 Å². The number of piperidine rings is 1. The third-order valence-corrected chi connectivity index (χ3v) is 8.10. The Balaban J connectivity index is 1.31. The van der Waals surface area contributed by atoms with Gasteiger partial charge in [-0.3, -0.25) is 4.98 Å². The zero-order valence-corrected chi connectivity index (χ0v) is 21.2. The number of rotatable bonds is 10. The molecule has 1 aromatic heterocycles. The molecule has 0 unspecified atom stereocenters. The summed E-state index contributed by atoms with van der Waals surface area (Å²) in [5, 5.41) is 10.7. The van der Waals surface area contributed by atoms with Gasteiger partial charge in [-0.2, -0.15) is 0 Å². The first-order valence-electron chi connectivity index (χ1n) is 12.2. The molecule has 2 aromatic carbocycles. The molecule has 1 N–H and O–H groups in total. The predicted octanol–water partition coefficient (Wildman–Crippen LogP) is 6.31. The summed E-state index contributed by atoms with van der Waals surface area (Å²) >= 11 is 0.791. The molecule has 0 saturated carbocycles. The van der Waals surface area contributed by atoms with Crippen LogP contribution >= 0.6 is 11.8 Å². The standard InChI is InChI=1S/C27H29F5N2O2S/c1-36-18-3-5-24-20(12-18)19(6-8-33-24)21(28)4-2-16-7-9-34(14-17(16)15-35)10-11-37-27-23(30)13-22(29)25(31)26(27)32/h3,5-6,8,12-13,16-17,21,35H,2,4,7,9-11,14-15H2,1H3/t16-,17-,21-/m1/s1. The minimum absolute atomic E-state index is 0.0485. The molecule has 0 spiro atoms. The van der Waals surface area contributed by atoms with Crippen molar-refractivity contribution in [2.75, 3.05) is 39.1 Å². The molecule has 3 atom stereocenters. The molecule has 1 aliphatic heterocycles. The maximum Gasteiger partial charge on any atom is 0.195 e. The second kappa shape index (κ2) is 12.4. The van der Waals surface area contributed by atoms with Crippen LogP contribution in [0.25, 0.3) is 10.9 Å². The van der Waals surface area contributed by atoms with E-state index in [0.717, 1.165) is 18.2 Å². The molecule has 1 saturated heterocycles. The Morgan fingerprint density at radius 2 is 1.92 bits per heavy atom. The van der Waals surface area contributed by atoms with Crippen molar-refractivity contribution >= 4 is 22.7 Å². The lowest BCUT2D eigenvalue weighted by Gasteiger charge is -2.38. The van der Waals surface area contributed by atoms with Crippen LogP contribution in [-0.2, 0) is 0 Å². The molecule has 200 valence electrons. The van der Waals surface area contributed by atoms with E-state index in [1.165, 1.54) is 0 Å². The van der Waals surface area contributed by atoms with E-state index in [-0.39, 0.29) is 24.2 Å². The number of pyridine rings is 1. The van der Waals surface area contributed by atoms with E-state index < -0.39 is 34.3 Å². The van der Waals surface area contributed by atoms with Crippen LogP contribution in [0.15, 0.2) is 41.4 Å². The van der Waals surface area contributed by atoms with Crippen molar-refractivity contribution in [2.24, 2.45) is 11.8 Å². The summed E-state index contributed by atoms with van der Waals surface area (Å²) in [7, 11) is 1.56. The first-order valence-corrected chi connectivity index (χ1v) is 13.2. The van der Waals surface area contributed by atoms with Crippen LogP contribution < -0.4 is 4.74 Å². The van der Waals surface area contributed by atoms with Gasteiger partial charge in [0, 0.05) is 43.1 Å². The number of fused-ring (bicyclic) bond motifs is 1. The molecule has 1 fully saturated rings. The summed E-state index contributed by atoms with van der Waals surface area (Å²) in [4.78, 5) is 5.83. The van der Waals surface area contributed by atoms with Crippen molar-refractivity contribution in [3.63, 3.8) is 0 Å². The van der Waals surface area contributed by atoms with Gasteiger partial charge in [-0.05, 0) is 67.5 Å². The van der Waals surface area contributed by atoms with Gasteiger partial charge in [-0.1, -0.05) is 0 Å². The monoisotopic (exact) mass is 540 g/mol. The highest BCUT2D eigenvalue weighted by Gasteiger charge is 2.30. The number of aromatic nitrogens is 1. The van der Waals surface area contributed by atoms with Crippen LogP contribution in [0.3, 0.4) is 0 Å². The van der Waals surface area contributed by atoms with Crippen LogP contribution in [0.1, 0.15) is 31.0 Å². The second-order valence-electron chi connectivity index (χ2n) is 9.27. The summed E-state index contributed by atoms with van der Waals surface area (Å²) in [6.45, 7) is 1.67. The number of nitrogens with zero attached hydrogens (tertiary/aromatic N) is 2. The maximum absolute atomic E-state index is 15.4. The van der Waals surface area contributed by atoms with E-state index in [0.29, 0.717) is 60.8 Å². The summed E-state index contributed by atoms with van der Waals surface area (Å²) in [5.41, 5.74) is 1.26. The largest absolute Gasteiger partial charge is 0.497 e. The molecule has 0 aliphatic carbocycles. The molecule has 2 heterocycles. The van der Waals surface area contributed by atoms with Crippen LogP contribution in [0, 0.1) is 35.1 Å². The number of likely N-dealkylation sites (tertiary alicyclic amines) is 1. The van der Waals surface area contributed by atoms with E-state index in [4.69, 9.17) is 4.74 Å². The fraction of sp³-hybridized carbons (Fsp3) is 0.444. The molecular formula is C27H29F5N2O2S. The van der Waals surface area contributed by atoms with Crippen LogP contribution in [0.2, 0.25) is 0 Å². The highest BCUT2D eigenvalue weighted by Crippen LogP contribution is 2.35. The van der Waals surface area contributed by atoms with Crippen LogP contribution in [0.5, 0.6) is 5.75 Å². The molecule has 0 bridgehead atoms. The lowest BCUT2D eigenvalue weighted by atomic mass is 9.81. The topological polar surface area (TPSA) is 45.6 Å². The van der Waals surface area contributed by atoms with Gasteiger partial charge < -0.3 is 14.7 Å². The zero-order valence-electron chi connectivity index (χ0n) is 20.4. The number of halogens is 5. The minimum Gasteiger partial charge on any atom is -0.497 e. The third kappa shape index (κ3) is 6.35. The molecular weight excluding hydrogens is 511 g/mol. The first-order chi connectivity index (χ1) is 17.8. The number of methoxy groups -OCH3 is 1. The number of benzene rings is 2. The maximum atomic E-state index is 15.4. The van der Waals surface area contributed by atoms with Gasteiger partial charge in [0.25, 0.3) is 0 Å². The molecule has 3 aromatic rings. The van der Waals surface area contributed by atoms with Gasteiger partial charge in [-0.25, -0.2) is 22.0 Å². The number of aliphatic hydroxyl groups excluding tert-OH is 1. The van der Waals surface area contributed by atoms with Gasteiger partial charge in [0.05, 0.1) is 17.5 Å². The number of aliphatic hydroxyl groups is 1. The average Bonchev–Trinajstić information content (AvgIpc) is 2.91. The Morgan fingerprint density at radius 3 is 2.68 bits per heavy atom. The smallest absolute Gasteiger partial charge is 0.195 e. The van der Waals surface area contributed by atoms with E-state index >= 15 is 4.39 Å². The zero-order chi connectivity index (χ0) is 26.5. The predicted molar refractivity (Wildman–Crippen MR) is 133 cm³/mol. The van der Waals surface area contributed by atoms with Crippen molar-refractivity contribution < 1.29 is 31.8 Å². The third-order valence-electron chi connectivity index (χ3n) is 7.05. The number of alkyl halides is 1. The highest BCUT2D eigenvalue weighted by molar-refractivity contribution is 7.99. The van der Waals surface area contributed by atoms with E-state index in [9.17, 15) is 22.7 Å². The molecule has 37 heavy (non-hydrogen) atoms. The molecule has 4 rings (SSSR count). The van der Waals surface area contributed by atoms with Gasteiger partial charge >= 0.3 is 0 Å². The van der Waals surface area contributed by atoms with E-state index in [1.54, 1.807) is 37.6 Å². The van der Waals surface area contributed by atoms with Gasteiger partial charge in [0.1, 0.15) is 17.7 Å². The Hall–Kier alpha value is -2.43. The molecule has 0 amide bonds. The van der Waals surface area contributed by atoms with E-state index in [2.05, 4.69) is 9.88 Å². The van der Waals surface area contributed by atoms with Gasteiger partial charge in [-0.15, -0.1) is 11.8 Å². The fourth-order valence-electron chi connectivity index (χ4n) is 4.97. The summed E-state index contributed by atoms with van der Waals surface area (Å²) < 4.78 is 75.0. The summed E-state index contributed by atoms with van der Waals surface area (Å²) in [6.07, 6.45) is 2.08. The molecule has 10 heteroatoms. The number of hydrogen-bond acceptors (Lipinski definition) is 5. The Labute approximate surface area is 216 Å². The van der Waals surface area contributed by atoms with E-state index in [1.807, 2.05) is 0 Å². The van der Waals surface area contributed by atoms with Crippen molar-refractivity contribution in [1.29, 1.82) is 0 Å². The average molecular weight is 541 g/mol. The summed E-state index contributed by atoms with van der Waals surface area (Å²) in [6, 6.07) is 7.41. The van der Waals surface area contributed by atoms with Crippen molar-refractivity contribution in [3.8, 4) is 5.75 Å². The quantitative estimate of drug-likeness (QED) is 0.141. The van der Waals surface area contributed by atoms with Crippen LogP contribution in [-0.4, -0.2) is 54.1 Å². The Kier molecular flexibility index (Phi) is 9.26. The van der Waals surface area contributed by atoms with Gasteiger partial charge in [0.15, 0.2) is 17.5 Å². The number of thioether (sulfide) groups is 1. The lowest BCUT2D eigenvalue weighted by molar-refractivity contribution is 0.0672. The molecule has 4 nitrogen and oxygen atoms in total. The Bertz CT molecular complexity index is 1230. The summed E-state index contributed by atoms with van der Waals surface area (Å²) in [5.74, 6) is -4.91. The fourth-order valence-corrected chi connectivity index (χ4v) is 5.93. The highest BCUT2D eigenvalue weighted by atomic mass is 32.2. The van der Waals surface area contributed by atoms with Crippen LogP contribution in [0.4, 0.5) is 22.0 Å². The van der Waals surface area contributed by atoms with Crippen molar-refractivity contribution in [2.45, 2.75) is 30.3 Å². The normalized spacial score (nSPS) is 19.3. The molecule has 0 radical (unpaired) electrons. The van der Waals surface area contributed by atoms with Gasteiger partial charge in [0.2, 0.25) is 0 Å². The first kappa shape index (κ1) is 27.6. The second-order valence-corrected chi connectivity index (χ2v) is 10.4.